The van der Waals surface area contributed by atoms with Crippen LogP contribution in [0.1, 0.15) is 99.3 Å². The van der Waals surface area contributed by atoms with Crippen LogP contribution in [-0.2, 0) is 28.6 Å². The second-order valence-corrected chi connectivity index (χ2v) is 14.8. The lowest BCUT2D eigenvalue weighted by molar-refractivity contribution is -0.210. The van der Waals surface area contributed by atoms with Gasteiger partial charge in [0.1, 0.15) is 24.4 Å². The lowest BCUT2D eigenvalue weighted by Gasteiger charge is -2.63. The Hall–Kier alpha value is -1.93. The van der Waals surface area contributed by atoms with E-state index in [4.69, 9.17) is 14.2 Å². The predicted molar refractivity (Wildman–Crippen MR) is 149 cm³/mol. The van der Waals surface area contributed by atoms with Crippen LogP contribution in [-0.4, -0.2) is 59.5 Å². The molecule has 1 heterocycles. The summed E-state index contributed by atoms with van der Waals surface area (Å²) in [6.07, 6.45) is 9.99. The molecule has 0 amide bonds. The number of nitrogens with one attached hydrogen (secondary N) is 1. The number of aliphatic hydroxyl groups is 1. The third kappa shape index (κ3) is 5.12. The van der Waals surface area contributed by atoms with Gasteiger partial charge in [-0.15, -0.1) is 0 Å². The van der Waals surface area contributed by atoms with Gasteiger partial charge in [-0.25, -0.2) is 4.79 Å². The van der Waals surface area contributed by atoms with Gasteiger partial charge in [-0.2, -0.15) is 0 Å². The molecule has 0 radical (unpaired) electrons. The molecular weight excluding hydrogens is 510 g/mol. The highest BCUT2D eigenvalue weighted by Crippen LogP contribution is 2.70. The van der Waals surface area contributed by atoms with Gasteiger partial charge in [0.15, 0.2) is 0 Å². The van der Waals surface area contributed by atoms with Gasteiger partial charge >= 0.3 is 17.9 Å². The standard InChI is InChI=1S/C32H49NO7/c1-19(33-17-27(35)40-29(2,3)4)28(36)39-22-9-12-30(5)21(16-22)7-8-25-24(30)10-13-31(6)23(11-14-32(25,31)37)20-15-26(34)38-18-20/h15,19,21-25,33,37H,7-14,16-18H2,1-6H3/t19-,21-,22+,23-,24+,25-,30+,31-,32+/m1/s1. The molecule has 9 atom stereocenters. The first-order chi connectivity index (χ1) is 18.7. The van der Waals surface area contributed by atoms with Gasteiger partial charge in [-0.3, -0.25) is 14.9 Å². The summed E-state index contributed by atoms with van der Waals surface area (Å²) >= 11 is 0. The number of hydrogen-bond donors (Lipinski definition) is 2. The van der Waals surface area contributed by atoms with E-state index in [1.165, 1.54) is 0 Å². The highest BCUT2D eigenvalue weighted by Gasteiger charge is 2.67. The van der Waals surface area contributed by atoms with E-state index in [0.29, 0.717) is 18.4 Å². The third-order valence-electron chi connectivity index (χ3n) is 11.5. The van der Waals surface area contributed by atoms with E-state index in [1.807, 2.05) is 20.8 Å². The molecule has 5 aliphatic rings. The van der Waals surface area contributed by atoms with Crippen LogP contribution in [0, 0.1) is 34.5 Å². The largest absolute Gasteiger partial charge is 0.461 e. The van der Waals surface area contributed by atoms with Crippen LogP contribution in [0.15, 0.2) is 11.6 Å². The molecule has 40 heavy (non-hydrogen) atoms. The summed E-state index contributed by atoms with van der Waals surface area (Å²) in [6, 6.07) is -0.590. The molecular formula is C32H49NO7. The van der Waals surface area contributed by atoms with Crippen LogP contribution in [0.4, 0.5) is 0 Å². The van der Waals surface area contributed by atoms with Crippen molar-refractivity contribution in [3.05, 3.63) is 11.6 Å². The number of fused-ring (bicyclic) bond motifs is 5. The monoisotopic (exact) mass is 559 g/mol. The van der Waals surface area contributed by atoms with E-state index in [1.54, 1.807) is 13.0 Å². The average Bonchev–Trinajstić information content (AvgIpc) is 3.41. The van der Waals surface area contributed by atoms with Gasteiger partial charge in [-0.1, -0.05) is 13.8 Å². The molecule has 1 aliphatic heterocycles. The Labute approximate surface area is 239 Å². The summed E-state index contributed by atoms with van der Waals surface area (Å²) in [7, 11) is 0. The summed E-state index contributed by atoms with van der Waals surface area (Å²) in [6.45, 7) is 12.2. The van der Waals surface area contributed by atoms with Gasteiger partial charge in [0.2, 0.25) is 0 Å². The summed E-state index contributed by atoms with van der Waals surface area (Å²) < 4.78 is 16.5. The highest BCUT2D eigenvalue weighted by molar-refractivity contribution is 5.85. The van der Waals surface area contributed by atoms with Crippen LogP contribution < -0.4 is 5.32 Å². The predicted octanol–water partition coefficient (Wildman–Crippen LogP) is 4.48. The fourth-order valence-electron chi connectivity index (χ4n) is 9.44. The van der Waals surface area contributed by atoms with Gasteiger partial charge in [0, 0.05) is 11.5 Å². The van der Waals surface area contributed by atoms with Crippen molar-refractivity contribution >= 4 is 17.9 Å². The molecule has 2 N–H and O–H groups in total. The van der Waals surface area contributed by atoms with E-state index >= 15 is 0 Å². The van der Waals surface area contributed by atoms with E-state index in [2.05, 4.69) is 19.2 Å². The molecule has 8 heteroatoms. The molecule has 0 aromatic rings. The zero-order valence-corrected chi connectivity index (χ0v) is 25.2. The molecule has 5 rings (SSSR count). The first kappa shape index (κ1) is 29.6. The Kier molecular flexibility index (Phi) is 7.69. The summed E-state index contributed by atoms with van der Waals surface area (Å²) in [5.74, 6) is 0.404. The van der Waals surface area contributed by atoms with E-state index in [0.717, 1.165) is 63.4 Å². The molecule has 224 valence electrons. The number of rotatable bonds is 6. The van der Waals surface area contributed by atoms with Crippen molar-refractivity contribution in [1.82, 2.24) is 5.32 Å². The molecule has 0 bridgehead atoms. The van der Waals surface area contributed by atoms with Crippen molar-refractivity contribution in [3.8, 4) is 0 Å². The smallest absolute Gasteiger partial charge is 0.331 e. The van der Waals surface area contributed by atoms with Crippen molar-refractivity contribution in [3.63, 3.8) is 0 Å². The molecule has 0 aromatic heterocycles. The summed E-state index contributed by atoms with van der Waals surface area (Å²) in [4.78, 5) is 36.7. The second-order valence-electron chi connectivity index (χ2n) is 14.8. The number of carbonyl (C=O) groups excluding carboxylic acids is 3. The van der Waals surface area contributed by atoms with E-state index in [9.17, 15) is 19.5 Å². The maximum atomic E-state index is 12.8. The minimum atomic E-state index is -0.723. The molecule has 0 aromatic carbocycles. The first-order valence-corrected chi connectivity index (χ1v) is 15.4. The summed E-state index contributed by atoms with van der Waals surface area (Å²) in [5.41, 5.74) is -0.330. The Morgan fingerprint density at radius 1 is 1.10 bits per heavy atom. The van der Waals surface area contributed by atoms with Crippen LogP contribution in [0.25, 0.3) is 0 Å². The maximum Gasteiger partial charge on any atom is 0.331 e. The van der Waals surface area contributed by atoms with Crippen molar-refractivity contribution in [1.29, 1.82) is 0 Å². The molecule has 8 nitrogen and oxygen atoms in total. The van der Waals surface area contributed by atoms with Gasteiger partial charge in [-0.05, 0) is 120 Å². The van der Waals surface area contributed by atoms with Crippen LogP contribution in [0.2, 0.25) is 0 Å². The Balaban J connectivity index is 1.19. The quantitative estimate of drug-likeness (QED) is 0.362. The Morgan fingerprint density at radius 2 is 1.85 bits per heavy atom. The second kappa shape index (κ2) is 10.4. The minimum absolute atomic E-state index is 0.0364. The third-order valence-corrected chi connectivity index (χ3v) is 11.5. The summed E-state index contributed by atoms with van der Waals surface area (Å²) in [5, 5.41) is 15.3. The van der Waals surface area contributed by atoms with Crippen LogP contribution in [0.5, 0.6) is 0 Å². The topological polar surface area (TPSA) is 111 Å². The lowest BCUT2D eigenvalue weighted by Crippen LogP contribution is -2.62. The normalized spacial score (nSPS) is 41.6. The van der Waals surface area contributed by atoms with Gasteiger partial charge in [0.25, 0.3) is 0 Å². The number of cyclic esters (lactones) is 1. The van der Waals surface area contributed by atoms with Crippen LogP contribution >= 0.6 is 0 Å². The Morgan fingerprint density at radius 3 is 2.52 bits per heavy atom. The highest BCUT2D eigenvalue weighted by atomic mass is 16.6. The lowest BCUT2D eigenvalue weighted by atomic mass is 9.43. The van der Waals surface area contributed by atoms with E-state index in [-0.39, 0.29) is 47.3 Å². The molecule has 0 unspecified atom stereocenters. The number of carbonyl (C=O) groups is 3. The van der Waals surface area contributed by atoms with Crippen molar-refractivity contribution in [2.75, 3.05) is 13.2 Å². The zero-order chi connectivity index (χ0) is 29.1. The van der Waals surface area contributed by atoms with E-state index < -0.39 is 23.2 Å². The minimum Gasteiger partial charge on any atom is -0.461 e. The average molecular weight is 560 g/mol. The van der Waals surface area contributed by atoms with Crippen molar-refractivity contribution in [2.45, 2.75) is 123 Å². The fourth-order valence-corrected chi connectivity index (χ4v) is 9.44. The molecule has 0 spiro atoms. The Bertz CT molecular complexity index is 1060. The molecule has 0 saturated heterocycles. The number of esters is 3. The molecule has 4 aliphatic carbocycles. The number of ether oxygens (including phenoxy) is 3. The van der Waals surface area contributed by atoms with Gasteiger partial charge in [0.05, 0.1) is 12.1 Å². The maximum absolute atomic E-state index is 12.8. The van der Waals surface area contributed by atoms with Crippen LogP contribution in [0.3, 0.4) is 0 Å². The van der Waals surface area contributed by atoms with Gasteiger partial charge < -0.3 is 19.3 Å². The van der Waals surface area contributed by atoms with Crippen molar-refractivity contribution < 1.29 is 33.7 Å². The first-order valence-electron chi connectivity index (χ1n) is 15.4. The zero-order valence-electron chi connectivity index (χ0n) is 25.2. The van der Waals surface area contributed by atoms with Crippen molar-refractivity contribution in [2.24, 2.45) is 34.5 Å². The molecule has 4 saturated carbocycles. The number of hydrogen-bond acceptors (Lipinski definition) is 8. The molecule has 4 fully saturated rings. The fraction of sp³-hybridized carbons (Fsp3) is 0.844. The SMILES string of the molecule is C[C@@H](NCC(=O)OC(C)(C)C)C(=O)O[C@H]1CC[C@@]2(C)[C@H](CC[C@@H]3[C@@H]2CC[C@]2(C)[C@@H](C4=CC(=O)OC4)CC[C@]32O)C1.